The zero-order valence-electron chi connectivity index (χ0n) is 9.20. The summed E-state index contributed by atoms with van der Waals surface area (Å²) in [5.74, 6) is 0.182. The van der Waals surface area contributed by atoms with Gasteiger partial charge in [0.05, 0.1) is 19.7 Å². The van der Waals surface area contributed by atoms with Crippen LogP contribution < -0.4 is 4.74 Å². The number of carboxylic acids is 1. The Balaban J connectivity index is 2.26. The molecule has 0 fully saturated rings. The molecule has 88 valence electrons. The van der Waals surface area contributed by atoms with Gasteiger partial charge in [-0.3, -0.25) is 4.79 Å². The first-order chi connectivity index (χ1) is 8.19. The van der Waals surface area contributed by atoms with E-state index in [2.05, 4.69) is 10.1 Å². The van der Waals surface area contributed by atoms with Crippen molar-refractivity contribution in [3.05, 3.63) is 36.2 Å². The van der Waals surface area contributed by atoms with E-state index in [4.69, 9.17) is 9.84 Å². The maximum atomic E-state index is 10.5. The lowest BCUT2D eigenvalue weighted by Crippen LogP contribution is -2.00. The zero-order chi connectivity index (χ0) is 12.3. The standard InChI is InChI=1S/C11H11N3O3/c1-17-10-4-2-3-9(13-10)14-7-8(6-12-14)5-11(15)16/h2-4,6-7H,5H2,1H3,(H,15,16). The van der Waals surface area contributed by atoms with Crippen molar-refractivity contribution in [1.82, 2.24) is 14.8 Å². The van der Waals surface area contributed by atoms with Gasteiger partial charge in [-0.2, -0.15) is 10.1 Å². The van der Waals surface area contributed by atoms with Gasteiger partial charge in [-0.05, 0) is 6.07 Å². The van der Waals surface area contributed by atoms with Crippen LogP contribution in [0, 0.1) is 0 Å². The SMILES string of the molecule is COc1cccc(-n2cc(CC(=O)O)cn2)n1. The van der Waals surface area contributed by atoms with E-state index in [1.54, 1.807) is 24.4 Å². The molecular formula is C11H11N3O3. The van der Waals surface area contributed by atoms with Crippen LogP contribution in [-0.2, 0) is 11.2 Å². The van der Waals surface area contributed by atoms with E-state index in [0.717, 1.165) is 0 Å². The van der Waals surface area contributed by atoms with Crippen molar-refractivity contribution in [2.45, 2.75) is 6.42 Å². The Morgan fingerprint density at radius 3 is 3.06 bits per heavy atom. The number of methoxy groups -OCH3 is 1. The van der Waals surface area contributed by atoms with E-state index < -0.39 is 5.97 Å². The fourth-order valence-electron chi connectivity index (χ4n) is 1.40. The summed E-state index contributed by atoms with van der Waals surface area (Å²) in [7, 11) is 1.53. The Kier molecular flexibility index (Phi) is 3.04. The Morgan fingerprint density at radius 2 is 2.35 bits per heavy atom. The van der Waals surface area contributed by atoms with Crippen LogP contribution in [0.1, 0.15) is 5.56 Å². The highest BCUT2D eigenvalue weighted by atomic mass is 16.5. The Hall–Kier alpha value is -2.37. The van der Waals surface area contributed by atoms with Gasteiger partial charge in [-0.25, -0.2) is 4.68 Å². The fraction of sp³-hybridized carbons (Fsp3) is 0.182. The van der Waals surface area contributed by atoms with Gasteiger partial charge >= 0.3 is 5.97 Å². The summed E-state index contributed by atoms with van der Waals surface area (Å²) in [6, 6.07) is 5.28. The monoisotopic (exact) mass is 233 g/mol. The largest absolute Gasteiger partial charge is 0.481 e. The highest BCUT2D eigenvalue weighted by Gasteiger charge is 2.06. The topological polar surface area (TPSA) is 77.2 Å². The predicted molar refractivity (Wildman–Crippen MR) is 59.3 cm³/mol. The Morgan fingerprint density at radius 1 is 1.53 bits per heavy atom. The third-order valence-corrected chi connectivity index (χ3v) is 2.14. The Bertz CT molecular complexity index is 536. The average molecular weight is 233 g/mol. The van der Waals surface area contributed by atoms with Crippen molar-refractivity contribution in [1.29, 1.82) is 0 Å². The van der Waals surface area contributed by atoms with Crippen LogP contribution in [-0.4, -0.2) is 33.0 Å². The lowest BCUT2D eigenvalue weighted by molar-refractivity contribution is -0.136. The molecule has 0 amide bonds. The van der Waals surface area contributed by atoms with Crippen molar-refractivity contribution in [2.24, 2.45) is 0 Å². The summed E-state index contributed by atoms with van der Waals surface area (Å²) in [4.78, 5) is 14.7. The molecule has 0 aliphatic carbocycles. The molecule has 2 rings (SSSR count). The summed E-state index contributed by atoms with van der Waals surface area (Å²) in [6.45, 7) is 0. The number of carboxylic acid groups (broad SMARTS) is 1. The van der Waals surface area contributed by atoms with E-state index >= 15 is 0 Å². The molecule has 2 aromatic heterocycles. The molecule has 0 aliphatic heterocycles. The molecule has 0 saturated heterocycles. The average Bonchev–Trinajstić information content (AvgIpc) is 2.77. The molecule has 0 atom stereocenters. The first-order valence-corrected chi connectivity index (χ1v) is 4.96. The van der Waals surface area contributed by atoms with Gasteiger partial charge in [-0.15, -0.1) is 0 Å². The normalized spacial score (nSPS) is 10.2. The van der Waals surface area contributed by atoms with E-state index in [9.17, 15) is 4.79 Å². The summed E-state index contributed by atoms with van der Waals surface area (Å²) in [6.07, 6.45) is 3.09. The van der Waals surface area contributed by atoms with Crippen LogP contribution in [0.15, 0.2) is 30.6 Å². The van der Waals surface area contributed by atoms with E-state index in [1.165, 1.54) is 18.0 Å². The first kappa shape index (κ1) is 11.1. The molecule has 0 aromatic carbocycles. The lowest BCUT2D eigenvalue weighted by Gasteiger charge is -2.02. The summed E-state index contributed by atoms with van der Waals surface area (Å²) >= 11 is 0. The molecule has 2 heterocycles. The molecule has 1 N–H and O–H groups in total. The number of hydrogen-bond acceptors (Lipinski definition) is 4. The lowest BCUT2D eigenvalue weighted by atomic mass is 10.3. The number of aliphatic carboxylic acids is 1. The minimum absolute atomic E-state index is 0.0516. The van der Waals surface area contributed by atoms with Crippen LogP contribution >= 0.6 is 0 Å². The molecule has 0 radical (unpaired) electrons. The fourth-order valence-corrected chi connectivity index (χ4v) is 1.40. The maximum Gasteiger partial charge on any atom is 0.307 e. The van der Waals surface area contributed by atoms with Gasteiger partial charge in [0.2, 0.25) is 5.88 Å². The van der Waals surface area contributed by atoms with Crippen LogP contribution in [0.3, 0.4) is 0 Å². The van der Waals surface area contributed by atoms with Gasteiger partial charge in [-0.1, -0.05) is 6.07 Å². The minimum atomic E-state index is -0.886. The molecule has 0 spiro atoms. The van der Waals surface area contributed by atoms with Gasteiger partial charge in [0.1, 0.15) is 0 Å². The second kappa shape index (κ2) is 4.65. The third-order valence-electron chi connectivity index (χ3n) is 2.14. The van der Waals surface area contributed by atoms with Crippen molar-refractivity contribution in [3.8, 4) is 11.7 Å². The van der Waals surface area contributed by atoms with Gasteiger partial charge < -0.3 is 9.84 Å². The van der Waals surface area contributed by atoms with Gasteiger partial charge in [0.15, 0.2) is 5.82 Å². The molecule has 0 unspecified atom stereocenters. The van der Waals surface area contributed by atoms with Gasteiger partial charge in [0, 0.05) is 17.8 Å². The quantitative estimate of drug-likeness (QED) is 0.849. The first-order valence-electron chi connectivity index (χ1n) is 4.96. The van der Waals surface area contributed by atoms with E-state index in [0.29, 0.717) is 17.3 Å². The molecule has 17 heavy (non-hydrogen) atoms. The smallest absolute Gasteiger partial charge is 0.307 e. The van der Waals surface area contributed by atoms with Gasteiger partial charge in [0.25, 0.3) is 0 Å². The van der Waals surface area contributed by atoms with Crippen LogP contribution in [0.4, 0.5) is 0 Å². The van der Waals surface area contributed by atoms with Crippen LogP contribution in [0.2, 0.25) is 0 Å². The second-order valence-electron chi connectivity index (χ2n) is 3.40. The van der Waals surface area contributed by atoms with Crippen LogP contribution in [0.25, 0.3) is 5.82 Å². The van der Waals surface area contributed by atoms with E-state index in [-0.39, 0.29) is 6.42 Å². The summed E-state index contributed by atoms with van der Waals surface area (Å²) in [5, 5.41) is 12.7. The van der Waals surface area contributed by atoms with Crippen LogP contribution in [0.5, 0.6) is 5.88 Å². The number of ether oxygens (including phenoxy) is 1. The summed E-state index contributed by atoms with van der Waals surface area (Å²) < 4.78 is 6.52. The maximum absolute atomic E-state index is 10.5. The number of pyridine rings is 1. The number of hydrogen-bond donors (Lipinski definition) is 1. The molecule has 6 nitrogen and oxygen atoms in total. The minimum Gasteiger partial charge on any atom is -0.481 e. The van der Waals surface area contributed by atoms with Crippen molar-refractivity contribution in [2.75, 3.05) is 7.11 Å². The second-order valence-corrected chi connectivity index (χ2v) is 3.40. The summed E-state index contributed by atoms with van der Waals surface area (Å²) in [5.41, 5.74) is 0.627. The van der Waals surface area contributed by atoms with Crippen molar-refractivity contribution >= 4 is 5.97 Å². The molecule has 0 saturated carbocycles. The predicted octanol–water partition coefficient (Wildman–Crippen LogP) is 0.903. The Labute approximate surface area is 97.5 Å². The van der Waals surface area contributed by atoms with Crippen molar-refractivity contribution in [3.63, 3.8) is 0 Å². The molecule has 0 bridgehead atoms. The number of carbonyl (C=O) groups is 1. The third kappa shape index (κ3) is 2.60. The zero-order valence-corrected chi connectivity index (χ0v) is 9.20. The number of rotatable bonds is 4. The van der Waals surface area contributed by atoms with E-state index in [1.807, 2.05) is 0 Å². The highest BCUT2D eigenvalue weighted by Crippen LogP contribution is 2.11. The molecular weight excluding hydrogens is 222 g/mol. The molecule has 0 aliphatic rings. The van der Waals surface area contributed by atoms with Crippen molar-refractivity contribution < 1.29 is 14.6 Å². The molecule has 6 heteroatoms. The number of nitrogens with zero attached hydrogens (tertiary/aromatic N) is 3. The highest BCUT2D eigenvalue weighted by molar-refractivity contribution is 5.69. The molecule has 2 aromatic rings. The number of aromatic nitrogens is 3.